The second-order valence-electron chi connectivity index (χ2n) is 11.1. The Kier molecular flexibility index (Phi) is 8.12. The van der Waals surface area contributed by atoms with Gasteiger partial charge >= 0.3 is 0 Å². The molecule has 3 N–H and O–H groups in total. The second-order valence-corrected chi connectivity index (χ2v) is 12.9. The first-order valence-electron chi connectivity index (χ1n) is 14.2. The number of carbonyl (C=O) groups excluding carboxylic acids is 1. The summed E-state index contributed by atoms with van der Waals surface area (Å²) >= 11 is 0. The molecule has 4 aromatic rings. The number of benzene rings is 2. The number of fused-ring (bicyclic) bond motifs is 1. The van der Waals surface area contributed by atoms with Gasteiger partial charge in [0.2, 0.25) is 9.84 Å². The van der Waals surface area contributed by atoms with Crippen molar-refractivity contribution in [1.29, 1.82) is 0 Å². The molecule has 226 valence electrons. The van der Waals surface area contributed by atoms with Gasteiger partial charge in [0.25, 0.3) is 5.91 Å². The number of carbonyl (C=O) groups is 1. The van der Waals surface area contributed by atoms with Crippen LogP contribution in [0.5, 0.6) is 0 Å². The Hall–Kier alpha value is -3.94. The molecule has 0 radical (unpaired) electrons. The van der Waals surface area contributed by atoms with Crippen molar-refractivity contribution in [3.63, 3.8) is 0 Å². The number of aromatic nitrogens is 3. The molecule has 2 saturated heterocycles. The van der Waals surface area contributed by atoms with Gasteiger partial charge in [-0.3, -0.25) is 9.89 Å². The lowest BCUT2D eigenvalue weighted by Crippen LogP contribution is -2.30. The Morgan fingerprint density at radius 2 is 1.79 bits per heavy atom. The molecule has 4 heterocycles. The molecule has 0 bridgehead atoms. The summed E-state index contributed by atoms with van der Waals surface area (Å²) < 4.78 is 59.9. The summed E-state index contributed by atoms with van der Waals surface area (Å²) in [5, 5.41) is 12.7. The van der Waals surface area contributed by atoms with Crippen LogP contribution in [0.15, 0.2) is 58.5 Å². The maximum atomic E-state index is 14.3. The molecule has 0 atom stereocenters. The van der Waals surface area contributed by atoms with Crippen molar-refractivity contribution in [2.24, 2.45) is 0 Å². The van der Waals surface area contributed by atoms with Gasteiger partial charge < -0.3 is 20.3 Å². The average Bonchev–Trinajstić information content (AvgIpc) is 3.41. The summed E-state index contributed by atoms with van der Waals surface area (Å²) in [5.41, 5.74) is 2.70. The van der Waals surface area contributed by atoms with Gasteiger partial charge in [0.15, 0.2) is 10.8 Å². The molecule has 13 heteroatoms. The molecule has 0 spiro atoms. The van der Waals surface area contributed by atoms with E-state index in [4.69, 9.17) is 4.74 Å². The Labute approximate surface area is 247 Å². The van der Waals surface area contributed by atoms with Crippen LogP contribution in [0.1, 0.15) is 47.5 Å². The molecule has 2 aromatic heterocycles. The first kappa shape index (κ1) is 29.1. The minimum Gasteiger partial charge on any atom is -0.381 e. The minimum absolute atomic E-state index is 0.00757. The fourth-order valence-corrected chi connectivity index (χ4v) is 6.90. The van der Waals surface area contributed by atoms with E-state index < -0.39 is 37.3 Å². The van der Waals surface area contributed by atoms with Crippen LogP contribution in [0.3, 0.4) is 0 Å². The monoisotopic (exact) mass is 610 g/mol. The Morgan fingerprint density at radius 1 is 1.02 bits per heavy atom. The van der Waals surface area contributed by atoms with Gasteiger partial charge in [-0.15, -0.1) is 0 Å². The molecule has 6 rings (SSSR count). The number of aromatic amines is 1. The van der Waals surface area contributed by atoms with Gasteiger partial charge in [-0.2, -0.15) is 5.10 Å². The van der Waals surface area contributed by atoms with E-state index in [9.17, 15) is 22.0 Å². The Morgan fingerprint density at radius 3 is 2.56 bits per heavy atom. The van der Waals surface area contributed by atoms with Crippen molar-refractivity contribution in [3.05, 3.63) is 71.3 Å². The number of nitrogens with one attached hydrogen (secondary N) is 3. The quantitative estimate of drug-likeness (QED) is 0.274. The number of pyridine rings is 1. The third-order valence-electron chi connectivity index (χ3n) is 8.13. The number of likely N-dealkylation sites (tertiary alicyclic amines) is 1. The van der Waals surface area contributed by atoms with Crippen LogP contribution in [0.2, 0.25) is 0 Å². The maximum Gasteiger partial charge on any atom is 0.259 e. The number of hydrogen-bond donors (Lipinski definition) is 3. The van der Waals surface area contributed by atoms with Gasteiger partial charge in [0, 0.05) is 24.9 Å². The lowest BCUT2D eigenvalue weighted by atomic mass is 9.88. The number of ether oxygens (including phenoxy) is 1. The summed E-state index contributed by atoms with van der Waals surface area (Å²) in [6.45, 7) is 3.31. The number of nitrogens with zero attached hydrogens (tertiary/aromatic N) is 3. The van der Waals surface area contributed by atoms with Gasteiger partial charge in [-0.05, 0) is 99.8 Å². The summed E-state index contributed by atoms with van der Waals surface area (Å²) in [4.78, 5) is 19.3. The van der Waals surface area contributed by atoms with Crippen LogP contribution in [0, 0.1) is 11.6 Å². The smallest absolute Gasteiger partial charge is 0.259 e. The SMILES string of the molecule is CN1CCC(c2ccc(C(=O)Nc3n[nH]c4ccc(S(=O)(=O)c5cc(F)ccc5F)nc34)c(NC3CCOCC3)c2)CC1. The number of halogens is 2. The van der Waals surface area contributed by atoms with Gasteiger partial charge in [-0.25, -0.2) is 22.2 Å². The van der Waals surface area contributed by atoms with E-state index >= 15 is 0 Å². The van der Waals surface area contributed by atoms with E-state index in [2.05, 4.69) is 43.8 Å². The molecule has 1 amide bonds. The first-order chi connectivity index (χ1) is 20.7. The summed E-state index contributed by atoms with van der Waals surface area (Å²) in [6.07, 6.45) is 3.70. The van der Waals surface area contributed by atoms with Crippen molar-refractivity contribution in [2.75, 3.05) is 44.0 Å². The lowest BCUT2D eigenvalue weighted by molar-refractivity contribution is 0.0904. The highest BCUT2D eigenvalue weighted by atomic mass is 32.2. The van der Waals surface area contributed by atoms with Crippen molar-refractivity contribution >= 4 is 38.3 Å². The van der Waals surface area contributed by atoms with Crippen molar-refractivity contribution in [2.45, 2.75) is 47.6 Å². The highest BCUT2D eigenvalue weighted by Gasteiger charge is 2.27. The summed E-state index contributed by atoms with van der Waals surface area (Å²) in [6, 6.07) is 10.8. The molecular formula is C30H32F2N6O4S. The largest absolute Gasteiger partial charge is 0.381 e. The van der Waals surface area contributed by atoms with Crippen LogP contribution in [0.25, 0.3) is 11.0 Å². The zero-order chi connectivity index (χ0) is 30.1. The van der Waals surface area contributed by atoms with Crippen LogP contribution >= 0.6 is 0 Å². The van der Waals surface area contributed by atoms with E-state index in [0.717, 1.165) is 50.9 Å². The van der Waals surface area contributed by atoms with Crippen LogP contribution in [0.4, 0.5) is 20.3 Å². The van der Waals surface area contributed by atoms with Crippen LogP contribution in [-0.4, -0.2) is 73.8 Å². The second kappa shape index (κ2) is 12.0. The predicted octanol–water partition coefficient (Wildman–Crippen LogP) is 4.72. The molecule has 2 aliphatic rings. The molecule has 2 fully saturated rings. The standard InChI is InChI=1S/C30H32F2N6O4S/c1-38-12-8-18(9-13-38)19-2-4-22(25(16-19)33-21-10-14-42-15-11-21)30(39)35-29-28-24(36-37-29)6-7-27(34-28)43(40,41)26-17-20(31)3-5-23(26)32/h2-7,16-18,21,33H,8-15H2,1H3,(H2,35,36,37,39). The molecule has 0 unspecified atom stereocenters. The normalized spacial score (nSPS) is 17.3. The number of rotatable bonds is 7. The molecule has 2 aromatic carbocycles. The lowest BCUT2D eigenvalue weighted by Gasteiger charge is -2.30. The topological polar surface area (TPSA) is 129 Å². The molecule has 10 nitrogen and oxygen atoms in total. The highest BCUT2D eigenvalue weighted by Crippen LogP contribution is 2.32. The Bertz CT molecular complexity index is 1770. The van der Waals surface area contributed by atoms with Crippen molar-refractivity contribution < 1.29 is 26.7 Å². The zero-order valence-corrected chi connectivity index (χ0v) is 24.4. The molecule has 2 aliphatic heterocycles. The third kappa shape index (κ3) is 6.10. The predicted molar refractivity (Wildman–Crippen MR) is 157 cm³/mol. The van der Waals surface area contributed by atoms with Crippen LogP contribution < -0.4 is 10.6 Å². The number of piperidine rings is 1. The van der Waals surface area contributed by atoms with E-state index in [1.165, 1.54) is 17.7 Å². The Balaban J connectivity index is 1.30. The van der Waals surface area contributed by atoms with E-state index in [-0.39, 0.29) is 17.4 Å². The minimum atomic E-state index is -4.50. The van der Waals surface area contributed by atoms with E-state index in [1.807, 2.05) is 6.07 Å². The summed E-state index contributed by atoms with van der Waals surface area (Å²) in [5.74, 6) is -2.05. The van der Waals surface area contributed by atoms with Gasteiger partial charge in [0.05, 0.1) is 11.1 Å². The zero-order valence-electron chi connectivity index (χ0n) is 23.6. The van der Waals surface area contributed by atoms with Gasteiger partial charge in [-0.1, -0.05) is 6.07 Å². The third-order valence-corrected chi connectivity index (χ3v) is 9.80. The summed E-state index contributed by atoms with van der Waals surface area (Å²) in [7, 11) is -2.39. The first-order valence-corrected chi connectivity index (χ1v) is 15.7. The van der Waals surface area contributed by atoms with Crippen molar-refractivity contribution in [1.82, 2.24) is 20.1 Å². The number of H-pyrrole nitrogens is 1. The number of anilines is 2. The number of amides is 1. The van der Waals surface area contributed by atoms with Crippen molar-refractivity contribution in [3.8, 4) is 0 Å². The maximum absolute atomic E-state index is 14.3. The molecular weight excluding hydrogens is 578 g/mol. The molecule has 0 saturated carbocycles. The van der Waals surface area contributed by atoms with E-state index in [0.29, 0.717) is 42.0 Å². The van der Waals surface area contributed by atoms with Gasteiger partial charge in [0.1, 0.15) is 22.0 Å². The average molecular weight is 611 g/mol. The number of hydrogen-bond acceptors (Lipinski definition) is 8. The molecule has 0 aliphatic carbocycles. The van der Waals surface area contributed by atoms with Crippen LogP contribution in [-0.2, 0) is 14.6 Å². The highest BCUT2D eigenvalue weighted by molar-refractivity contribution is 7.91. The molecule has 43 heavy (non-hydrogen) atoms. The number of sulfone groups is 1. The fraction of sp³-hybridized carbons (Fsp3) is 0.367. The van der Waals surface area contributed by atoms with E-state index in [1.54, 1.807) is 6.07 Å². The fourth-order valence-electron chi connectivity index (χ4n) is 5.63.